The number of rotatable bonds is 7. The van der Waals surface area contributed by atoms with Gasteiger partial charge in [0, 0.05) is 58.2 Å². The fourth-order valence-corrected chi connectivity index (χ4v) is 4.93. The maximum Gasteiger partial charge on any atom is 0.300 e. The van der Waals surface area contributed by atoms with E-state index in [1.54, 1.807) is 12.1 Å². The van der Waals surface area contributed by atoms with Crippen LogP contribution >= 0.6 is 0 Å². The van der Waals surface area contributed by atoms with Gasteiger partial charge in [-0.05, 0) is 44.0 Å². The Labute approximate surface area is 233 Å². The molecule has 3 heterocycles. The number of aliphatic carboxylic acids is 1. The van der Waals surface area contributed by atoms with Crippen molar-refractivity contribution in [2.75, 3.05) is 46.3 Å². The summed E-state index contributed by atoms with van der Waals surface area (Å²) in [6.07, 6.45) is 1.73. The molecule has 1 aromatic carbocycles. The van der Waals surface area contributed by atoms with Crippen molar-refractivity contribution in [3.05, 3.63) is 35.4 Å². The van der Waals surface area contributed by atoms with Gasteiger partial charge in [-0.3, -0.25) is 33.9 Å². The molecule has 0 aromatic heterocycles. The molecule has 3 aliphatic rings. The molecule has 13 heteroatoms. The first kappa shape index (κ1) is 30.7. The number of fused-ring (bicyclic) bond motifs is 1. The molecule has 0 saturated carbocycles. The number of hydrogen-bond acceptors (Lipinski definition) is 8. The van der Waals surface area contributed by atoms with Gasteiger partial charge in [-0.25, -0.2) is 5.01 Å². The highest BCUT2D eigenvalue weighted by Crippen LogP contribution is 2.25. The van der Waals surface area contributed by atoms with Crippen molar-refractivity contribution in [2.45, 2.75) is 51.2 Å². The lowest BCUT2D eigenvalue weighted by Crippen LogP contribution is -2.63. The van der Waals surface area contributed by atoms with Gasteiger partial charge in [0.2, 0.25) is 11.8 Å². The third-order valence-electron chi connectivity index (χ3n) is 7.05. The highest BCUT2D eigenvalue weighted by molar-refractivity contribution is 5.99. The summed E-state index contributed by atoms with van der Waals surface area (Å²) in [5, 5.41) is 15.2. The van der Waals surface area contributed by atoms with Crippen molar-refractivity contribution in [3.63, 3.8) is 0 Å². The monoisotopic (exact) mass is 558 g/mol. The molecule has 2 atom stereocenters. The van der Waals surface area contributed by atoms with Crippen LogP contribution in [0.3, 0.4) is 0 Å². The maximum atomic E-state index is 13.4. The molecule has 3 N–H and O–H groups in total. The summed E-state index contributed by atoms with van der Waals surface area (Å²) in [4.78, 5) is 76.1. The second kappa shape index (κ2) is 14.5. The van der Waals surface area contributed by atoms with Crippen molar-refractivity contribution in [1.82, 2.24) is 30.5 Å². The van der Waals surface area contributed by atoms with E-state index in [0.29, 0.717) is 31.2 Å². The first-order valence-electron chi connectivity index (χ1n) is 13.5. The van der Waals surface area contributed by atoms with Crippen LogP contribution in [0, 0.1) is 0 Å². The number of hydrogen-bond donors (Lipinski definition) is 3. The van der Waals surface area contributed by atoms with Gasteiger partial charge < -0.3 is 25.4 Å². The van der Waals surface area contributed by atoms with Crippen molar-refractivity contribution < 1.29 is 33.9 Å². The molecule has 3 saturated heterocycles. The number of benzene rings is 1. The third-order valence-corrected chi connectivity index (χ3v) is 7.05. The van der Waals surface area contributed by atoms with Gasteiger partial charge in [0.1, 0.15) is 18.4 Å². The molecule has 0 radical (unpaired) electrons. The Morgan fingerprint density at radius 3 is 2.30 bits per heavy atom. The summed E-state index contributed by atoms with van der Waals surface area (Å²) in [5.41, 5.74) is 1.54. The summed E-state index contributed by atoms with van der Waals surface area (Å²) >= 11 is 0. The Morgan fingerprint density at radius 2 is 1.68 bits per heavy atom. The van der Waals surface area contributed by atoms with E-state index in [4.69, 9.17) is 9.90 Å². The molecular weight excluding hydrogens is 520 g/mol. The van der Waals surface area contributed by atoms with Gasteiger partial charge in [0.15, 0.2) is 0 Å². The third kappa shape index (κ3) is 8.33. The number of nitrogens with zero attached hydrogens (tertiary/aromatic N) is 4. The van der Waals surface area contributed by atoms with E-state index in [-0.39, 0.29) is 25.3 Å². The lowest BCUT2D eigenvalue weighted by atomic mass is 10.1. The topological polar surface area (TPSA) is 160 Å². The normalized spacial score (nSPS) is 21.9. The van der Waals surface area contributed by atoms with Crippen LogP contribution in [0.1, 0.15) is 48.5 Å². The Bertz CT molecular complexity index is 1080. The Hall–Kier alpha value is -3.84. The molecule has 4 rings (SSSR count). The molecule has 4 amide bonds. The fourth-order valence-electron chi connectivity index (χ4n) is 4.93. The molecule has 0 unspecified atom stereocenters. The van der Waals surface area contributed by atoms with E-state index in [0.717, 1.165) is 45.2 Å². The average molecular weight is 559 g/mol. The molecular formula is C27H38N6O7. The van der Waals surface area contributed by atoms with E-state index < -0.39 is 35.8 Å². The minimum Gasteiger partial charge on any atom is -0.481 e. The van der Waals surface area contributed by atoms with Crippen molar-refractivity contribution in [2.24, 2.45) is 0 Å². The van der Waals surface area contributed by atoms with E-state index in [1.807, 2.05) is 12.1 Å². The predicted octanol–water partition coefficient (Wildman–Crippen LogP) is -0.533. The lowest BCUT2D eigenvalue weighted by molar-refractivity contribution is -0.176. The maximum absolute atomic E-state index is 13.4. The number of hydrazine groups is 1. The van der Waals surface area contributed by atoms with Crippen LogP contribution in [-0.2, 0) is 30.5 Å². The molecule has 0 bridgehead atoms. The summed E-state index contributed by atoms with van der Waals surface area (Å²) in [5.74, 6) is -2.48. The second-order valence-electron chi connectivity index (χ2n) is 10.1. The molecule has 0 spiro atoms. The molecule has 1 aromatic rings. The SMILES string of the molecule is CC(=O)O.CN1CCN(Cc2ccc(C(=O)N[C@H]3CCC(=O)N4CCC[C@@H](C(=O)NCC=O)N4C3=O)cc2)CC1. The van der Waals surface area contributed by atoms with Gasteiger partial charge in [0.05, 0.1) is 6.54 Å². The van der Waals surface area contributed by atoms with Gasteiger partial charge >= 0.3 is 0 Å². The molecule has 3 aliphatic heterocycles. The van der Waals surface area contributed by atoms with Gasteiger partial charge in [-0.1, -0.05) is 12.1 Å². The number of carboxylic acid groups (broad SMARTS) is 1. The van der Waals surface area contributed by atoms with Crippen molar-refractivity contribution >= 4 is 35.9 Å². The average Bonchev–Trinajstić information content (AvgIpc) is 3.05. The van der Waals surface area contributed by atoms with Gasteiger partial charge in [-0.15, -0.1) is 0 Å². The highest BCUT2D eigenvalue weighted by atomic mass is 16.4. The lowest BCUT2D eigenvalue weighted by Gasteiger charge is -2.42. The predicted molar refractivity (Wildman–Crippen MR) is 144 cm³/mol. The second-order valence-corrected chi connectivity index (χ2v) is 10.1. The summed E-state index contributed by atoms with van der Waals surface area (Å²) < 4.78 is 0. The summed E-state index contributed by atoms with van der Waals surface area (Å²) in [6, 6.07) is 5.50. The fraction of sp³-hybridized carbons (Fsp3) is 0.556. The number of nitrogens with one attached hydrogen (secondary N) is 2. The Morgan fingerprint density at radius 1 is 1.02 bits per heavy atom. The van der Waals surface area contributed by atoms with Crippen LogP contribution in [0.4, 0.5) is 0 Å². The standard InChI is InChI=1S/C25H34N6O5.C2H4O2/c1-28-12-14-29(15-13-28)17-18-4-6-19(7-5-18)23(34)27-20-8-9-22(33)30-11-2-3-21(31(30)25(20)36)24(35)26-10-16-32;1-2(3)4/h4-7,16,20-21H,2-3,8-15,17H2,1H3,(H,26,35)(H,27,34);1H3,(H,3,4)/t20-,21-;/m0./s1. The van der Waals surface area contributed by atoms with Crippen LogP contribution in [-0.4, -0.2) is 119 Å². The number of amides is 4. The molecule has 0 aliphatic carbocycles. The van der Waals surface area contributed by atoms with E-state index in [1.165, 1.54) is 10.0 Å². The van der Waals surface area contributed by atoms with Gasteiger partial charge in [-0.2, -0.15) is 0 Å². The molecule has 40 heavy (non-hydrogen) atoms. The Balaban J connectivity index is 0.00000103. The van der Waals surface area contributed by atoms with Crippen LogP contribution in [0.15, 0.2) is 24.3 Å². The first-order valence-corrected chi connectivity index (χ1v) is 13.5. The minimum absolute atomic E-state index is 0.0832. The van der Waals surface area contributed by atoms with E-state index in [9.17, 15) is 24.0 Å². The van der Waals surface area contributed by atoms with Crippen LogP contribution < -0.4 is 10.6 Å². The van der Waals surface area contributed by atoms with Crippen LogP contribution in [0.2, 0.25) is 0 Å². The van der Waals surface area contributed by atoms with Crippen molar-refractivity contribution in [3.8, 4) is 0 Å². The zero-order chi connectivity index (χ0) is 29.2. The number of carbonyl (C=O) groups is 6. The van der Waals surface area contributed by atoms with Crippen LogP contribution in [0.25, 0.3) is 0 Å². The number of carbonyl (C=O) groups excluding carboxylic acids is 5. The number of piperazine rings is 1. The zero-order valence-electron chi connectivity index (χ0n) is 23.0. The summed E-state index contributed by atoms with van der Waals surface area (Å²) in [7, 11) is 2.12. The molecule has 13 nitrogen and oxygen atoms in total. The zero-order valence-corrected chi connectivity index (χ0v) is 23.0. The molecule has 3 fully saturated rings. The first-order chi connectivity index (χ1) is 19.1. The number of likely N-dealkylation sites (N-methyl/N-ethyl adjacent to an activating group) is 1. The summed E-state index contributed by atoms with van der Waals surface area (Å²) in [6.45, 7) is 6.13. The van der Waals surface area contributed by atoms with Crippen molar-refractivity contribution in [1.29, 1.82) is 0 Å². The quantitative estimate of drug-likeness (QED) is 0.374. The number of aldehydes is 1. The smallest absolute Gasteiger partial charge is 0.300 e. The number of carboxylic acids is 1. The Kier molecular flexibility index (Phi) is 11.1. The van der Waals surface area contributed by atoms with E-state index in [2.05, 4.69) is 27.5 Å². The minimum atomic E-state index is -0.934. The van der Waals surface area contributed by atoms with E-state index >= 15 is 0 Å². The van der Waals surface area contributed by atoms with Crippen LogP contribution in [0.5, 0.6) is 0 Å². The van der Waals surface area contributed by atoms with Gasteiger partial charge in [0.25, 0.3) is 17.8 Å². The molecule has 218 valence electrons. The highest BCUT2D eigenvalue weighted by Gasteiger charge is 2.44. The largest absolute Gasteiger partial charge is 0.481 e.